The fourth-order valence-electron chi connectivity index (χ4n) is 3.19. The number of rotatable bonds is 3. The second-order valence-electron chi connectivity index (χ2n) is 5.22. The lowest BCUT2D eigenvalue weighted by Gasteiger charge is -2.32. The molecular weight excluding hydrogens is 172 g/mol. The van der Waals surface area contributed by atoms with E-state index in [-0.39, 0.29) is 0 Å². The molecule has 82 valence electrons. The number of nitrogens with one attached hydrogen (secondary N) is 1. The summed E-state index contributed by atoms with van der Waals surface area (Å²) in [5.41, 5.74) is 0.447. The zero-order valence-electron chi connectivity index (χ0n) is 9.68. The van der Waals surface area contributed by atoms with Crippen LogP contribution in [-0.4, -0.2) is 36.1 Å². The van der Waals surface area contributed by atoms with Crippen LogP contribution in [0.4, 0.5) is 0 Å². The molecule has 0 aromatic rings. The fraction of sp³-hybridized carbons (Fsp3) is 1.00. The van der Waals surface area contributed by atoms with E-state index in [1.165, 1.54) is 51.7 Å². The van der Waals surface area contributed by atoms with Crippen LogP contribution in [0.1, 0.15) is 46.0 Å². The van der Waals surface area contributed by atoms with Crippen molar-refractivity contribution >= 4 is 0 Å². The van der Waals surface area contributed by atoms with E-state index < -0.39 is 0 Å². The molecule has 0 spiro atoms. The molecule has 2 rings (SSSR count). The van der Waals surface area contributed by atoms with Gasteiger partial charge < -0.3 is 10.2 Å². The lowest BCUT2D eigenvalue weighted by atomic mass is 9.90. The molecule has 2 nitrogen and oxygen atoms in total. The number of hydrogen-bond donors (Lipinski definition) is 1. The third-order valence-electron chi connectivity index (χ3n) is 4.05. The van der Waals surface area contributed by atoms with Gasteiger partial charge in [0.1, 0.15) is 0 Å². The van der Waals surface area contributed by atoms with Crippen molar-refractivity contribution in [3.63, 3.8) is 0 Å². The van der Waals surface area contributed by atoms with Gasteiger partial charge in [-0.25, -0.2) is 0 Å². The molecular formula is C12H24N2. The first-order valence-corrected chi connectivity index (χ1v) is 6.22. The molecule has 1 N–H and O–H groups in total. The molecule has 2 saturated heterocycles. The van der Waals surface area contributed by atoms with E-state index in [0.29, 0.717) is 5.54 Å². The zero-order valence-corrected chi connectivity index (χ0v) is 9.68. The predicted octanol–water partition coefficient (Wildman–Crippen LogP) is 2.00. The molecule has 14 heavy (non-hydrogen) atoms. The quantitative estimate of drug-likeness (QED) is 0.743. The molecule has 0 saturated carbocycles. The van der Waals surface area contributed by atoms with Crippen LogP contribution >= 0.6 is 0 Å². The molecule has 0 aromatic carbocycles. The van der Waals surface area contributed by atoms with Crippen LogP contribution < -0.4 is 5.32 Å². The molecule has 0 bridgehead atoms. The largest absolute Gasteiger partial charge is 0.311 e. The van der Waals surface area contributed by atoms with E-state index in [1.807, 2.05) is 0 Å². The number of hydrogen-bond acceptors (Lipinski definition) is 2. The van der Waals surface area contributed by atoms with Crippen LogP contribution in [0.2, 0.25) is 0 Å². The van der Waals surface area contributed by atoms with Crippen LogP contribution in [0.25, 0.3) is 0 Å². The van der Waals surface area contributed by atoms with Gasteiger partial charge in [0.2, 0.25) is 0 Å². The monoisotopic (exact) mass is 196 g/mol. The molecule has 2 unspecified atom stereocenters. The zero-order chi connectivity index (χ0) is 10.0. The molecule has 0 aromatic heterocycles. The minimum absolute atomic E-state index is 0.447. The Labute approximate surface area is 88.1 Å². The highest BCUT2D eigenvalue weighted by Crippen LogP contribution is 2.30. The summed E-state index contributed by atoms with van der Waals surface area (Å²) in [5, 5.41) is 3.68. The van der Waals surface area contributed by atoms with Gasteiger partial charge in [-0.2, -0.15) is 0 Å². The average molecular weight is 196 g/mol. The highest BCUT2D eigenvalue weighted by molar-refractivity contribution is 4.94. The Kier molecular flexibility index (Phi) is 3.13. The maximum atomic E-state index is 3.68. The minimum atomic E-state index is 0.447. The topological polar surface area (TPSA) is 15.3 Å². The van der Waals surface area contributed by atoms with Gasteiger partial charge in [-0.1, -0.05) is 6.92 Å². The lowest BCUT2D eigenvalue weighted by Crippen LogP contribution is -2.43. The van der Waals surface area contributed by atoms with Gasteiger partial charge in [-0.3, -0.25) is 0 Å². The first-order chi connectivity index (χ1) is 6.73. The average Bonchev–Trinajstić information content (AvgIpc) is 2.75. The SMILES string of the molecule is CCN1CCCC1CC1(C)CCCN1. The summed E-state index contributed by atoms with van der Waals surface area (Å²) in [5.74, 6) is 0. The normalized spacial score (nSPS) is 39.4. The van der Waals surface area contributed by atoms with Crippen LogP contribution in [0.5, 0.6) is 0 Å². The van der Waals surface area contributed by atoms with Crippen LogP contribution in [0, 0.1) is 0 Å². The summed E-state index contributed by atoms with van der Waals surface area (Å²) >= 11 is 0. The van der Waals surface area contributed by atoms with Crippen molar-refractivity contribution in [2.45, 2.75) is 57.5 Å². The van der Waals surface area contributed by atoms with E-state index >= 15 is 0 Å². The highest BCUT2D eigenvalue weighted by atomic mass is 15.2. The Hall–Kier alpha value is -0.0800. The molecule has 0 radical (unpaired) electrons. The third-order valence-corrected chi connectivity index (χ3v) is 4.05. The Balaban J connectivity index is 1.89. The van der Waals surface area contributed by atoms with Gasteiger partial charge >= 0.3 is 0 Å². The van der Waals surface area contributed by atoms with Crippen molar-refractivity contribution < 1.29 is 0 Å². The smallest absolute Gasteiger partial charge is 0.0168 e. The van der Waals surface area contributed by atoms with Gasteiger partial charge in [-0.05, 0) is 58.7 Å². The van der Waals surface area contributed by atoms with E-state index in [1.54, 1.807) is 0 Å². The van der Waals surface area contributed by atoms with Gasteiger partial charge in [0.05, 0.1) is 0 Å². The number of nitrogens with zero attached hydrogens (tertiary/aromatic N) is 1. The molecule has 0 amide bonds. The van der Waals surface area contributed by atoms with Crippen LogP contribution in [-0.2, 0) is 0 Å². The van der Waals surface area contributed by atoms with Crippen LogP contribution in [0.15, 0.2) is 0 Å². The summed E-state index contributed by atoms with van der Waals surface area (Å²) in [6.07, 6.45) is 6.94. The summed E-state index contributed by atoms with van der Waals surface area (Å²) in [6, 6.07) is 0.857. The van der Waals surface area contributed by atoms with E-state index in [0.717, 1.165) is 6.04 Å². The maximum absolute atomic E-state index is 3.68. The molecule has 2 heterocycles. The van der Waals surface area contributed by atoms with E-state index in [2.05, 4.69) is 24.1 Å². The van der Waals surface area contributed by atoms with Gasteiger partial charge in [0, 0.05) is 11.6 Å². The second-order valence-corrected chi connectivity index (χ2v) is 5.22. The number of likely N-dealkylation sites (tertiary alicyclic amines) is 1. The van der Waals surface area contributed by atoms with Gasteiger partial charge in [-0.15, -0.1) is 0 Å². The lowest BCUT2D eigenvalue weighted by molar-refractivity contribution is 0.208. The van der Waals surface area contributed by atoms with E-state index in [4.69, 9.17) is 0 Å². The molecule has 2 atom stereocenters. The van der Waals surface area contributed by atoms with Crippen molar-refractivity contribution in [3.8, 4) is 0 Å². The summed E-state index contributed by atoms with van der Waals surface area (Å²) in [4.78, 5) is 2.66. The molecule has 0 aliphatic carbocycles. The second kappa shape index (κ2) is 4.19. The third kappa shape index (κ3) is 2.12. The predicted molar refractivity (Wildman–Crippen MR) is 60.5 cm³/mol. The first-order valence-electron chi connectivity index (χ1n) is 6.22. The Morgan fingerprint density at radius 2 is 2.29 bits per heavy atom. The highest BCUT2D eigenvalue weighted by Gasteiger charge is 2.34. The van der Waals surface area contributed by atoms with Crippen molar-refractivity contribution in [1.82, 2.24) is 10.2 Å². The Morgan fingerprint density at radius 1 is 1.43 bits per heavy atom. The molecule has 2 heteroatoms. The molecule has 2 aliphatic rings. The standard InChI is InChI=1S/C12H24N2/c1-3-14-9-4-6-11(14)10-12(2)7-5-8-13-12/h11,13H,3-10H2,1-2H3. The van der Waals surface area contributed by atoms with Crippen LogP contribution in [0.3, 0.4) is 0 Å². The fourth-order valence-corrected chi connectivity index (χ4v) is 3.19. The van der Waals surface area contributed by atoms with Crippen molar-refractivity contribution in [2.75, 3.05) is 19.6 Å². The Bertz CT molecular complexity index is 185. The summed E-state index contributed by atoms with van der Waals surface area (Å²) < 4.78 is 0. The van der Waals surface area contributed by atoms with E-state index in [9.17, 15) is 0 Å². The minimum Gasteiger partial charge on any atom is -0.311 e. The molecule has 2 aliphatic heterocycles. The Morgan fingerprint density at radius 3 is 2.93 bits per heavy atom. The summed E-state index contributed by atoms with van der Waals surface area (Å²) in [7, 11) is 0. The van der Waals surface area contributed by atoms with Crippen molar-refractivity contribution in [1.29, 1.82) is 0 Å². The van der Waals surface area contributed by atoms with Gasteiger partial charge in [0.15, 0.2) is 0 Å². The first kappa shape index (κ1) is 10.4. The summed E-state index contributed by atoms with van der Waals surface area (Å²) in [6.45, 7) is 8.50. The van der Waals surface area contributed by atoms with Gasteiger partial charge in [0.25, 0.3) is 0 Å². The van der Waals surface area contributed by atoms with Crippen molar-refractivity contribution in [3.05, 3.63) is 0 Å². The van der Waals surface area contributed by atoms with Crippen molar-refractivity contribution in [2.24, 2.45) is 0 Å². The molecule has 2 fully saturated rings. The maximum Gasteiger partial charge on any atom is 0.0168 e.